The Hall–Kier alpha value is -1.02. The van der Waals surface area contributed by atoms with E-state index in [0.29, 0.717) is 0 Å². The fraction of sp³-hybridized carbons (Fsp3) is 0.538. The lowest BCUT2D eigenvalue weighted by Crippen LogP contribution is -2.26. The summed E-state index contributed by atoms with van der Waals surface area (Å²) in [6.45, 7) is 6.18. The van der Waals surface area contributed by atoms with Crippen molar-refractivity contribution in [2.75, 3.05) is 20.7 Å². The number of fused-ring (bicyclic) bond motifs is 1. The molecule has 1 heterocycles. The highest BCUT2D eigenvalue weighted by atomic mass is 16.5. The Morgan fingerprint density at radius 2 is 2.00 bits per heavy atom. The molecule has 2 nitrogen and oxygen atoms in total. The number of hydrogen-bond donors (Lipinski definition) is 0. The van der Waals surface area contributed by atoms with Gasteiger partial charge < -0.3 is 9.64 Å². The molecule has 0 unspecified atom stereocenters. The zero-order valence-corrected chi connectivity index (χ0v) is 10.2. The van der Waals surface area contributed by atoms with Gasteiger partial charge in [0, 0.05) is 13.1 Å². The molecule has 1 aromatic rings. The maximum atomic E-state index is 5.33. The Labute approximate surface area is 92.9 Å². The molecule has 0 amide bonds. The SMILES string of the molecule is CC.COc1cccc2c1CCN(C)C2. The molecule has 1 aliphatic rings. The standard InChI is InChI=1S/C11H15NO.C2H6/c1-12-7-6-10-9(8-12)4-3-5-11(10)13-2;1-2/h3-5H,6-8H2,1-2H3;1-2H3. The zero-order chi connectivity index (χ0) is 11.3. The van der Waals surface area contributed by atoms with Gasteiger partial charge in [-0.1, -0.05) is 26.0 Å². The molecule has 0 radical (unpaired) electrons. The molecule has 0 aromatic heterocycles. The van der Waals surface area contributed by atoms with Gasteiger partial charge in [-0.05, 0) is 30.7 Å². The topological polar surface area (TPSA) is 12.5 Å². The molecule has 84 valence electrons. The van der Waals surface area contributed by atoms with E-state index in [0.717, 1.165) is 25.3 Å². The van der Waals surface area contributed by atoms with Crippen molar-refractivity contribution in [3.8, 4) is 5.75 Å². The Morgan fingerprint density at radius 1 is 1.27 bits per heavy atom. The van der Waals surface area contributed by atoms with Crippen LogP contribution >= 0.6 is 0 Å². The summed E-state index contributed by atoms with van der Waals surface area (Å²) in [6, 6.07) is 6.30. The fourth-order valence-electron chi connectivity index (χ4n) is 1.91. The molecule has 0 spiro atoms. The first-order chi connectivity index (χ1) is 7.31. The maximum Gasteiger partial charge on any atom is 0.122 e. The van der Waals surface area contributed by atoms with Crippen molar-refractivity contribution in [1.82, 2.24) is 4.90 Å². The minimum atomic E-state index is 1.05. The van der Waals surface area contributed by atoms with Crippen LogP contribution in [-0.2, 0) is 13.0 Å². The van der Waals surface area contributed by atoms with Crippen LogP contribution in [0, 0.1) is 0 Å². The normalized spacial score (nSPS) is 14.9. The first-order valence-electron chi connectivity index (χ1n) is 5.64. The van der Waals surface area contributed by atoms with Crippen molar-refractivity contribution in [2.45, 2.75) is 26.8 Å². The van der Waals surface area contributed by atoms with E-state index in [9.17, 15) is 0 Å². The van der Waals surface area contributed by atoms with Crippen molar-refractivity contribution in [3.63, 3.8) is 0 Å². The molecule has 0 saturated heterocycles. The zero-order valence-electron chi connectivity index (χ0n) is 10.2. The van der Waals surface area contributed by atoms with Crippen LogP contribution in [0.4, 0.5) is 0 Å². The molecule has 0 saturated carbocycles. The number of likely N-dealkylation sites (N-methyl/N-ethyl adjacent to an activating group) is 1. The lowest BCUT2D eigenvalue weighted by Gasteiger charge is -2.26. The minimum absolute atomic E-state index is 1.05. The molecular formula is C13H21NO. The number of methoxy groups -OCH3 is 1. The van der Waals surface area contributed by atoms with Crippen LogP contribution in [0.15, 0.2) is 18.2 Å². The summed E-state index contributed by atoms with van der Waals surface area (Å²) in [4.78, 5) is 2.34. The molecule has 0 bridgehead atoms. The highest BCUT2D eigenvalue weighted by Crippen LogP contribution is 2.26. The van der Waals surface area contributed by atoms with E-state index >= 15 is 0 Å². The van der Waals surface area contributed by atoms with Gasteiger partial charge >= 0.3 is 0 Å². The van der Waals surface area contributed by atoms with Gasteiger partial charge in [-0.3, -0.25) is 0 Å². The number of rotatable bonds is 1. The largest absolute Gasteiger partial charge is 0.496 e. The van der Waals surface area contributed by atoms with Crippen LogP contribution < -0.4 is 4.74 Å². The molecule has 1 aliphatic heterocycles. The predicted octanol–water partition coefficient (Wildman–Crippen LogP) is 2.71. The van der Waals surface area contributed by atoms with Crippen LogP contribution in [-0.4, -0.2) is 25.6 Å². The van der Waals surface area contributed by atoms with Crippen molar-refractivity contribution < 1.29 is 4.74 Å². The van der Waals surface area contributed by atoms with Gasteiger partial charge in [-0.15, -0.1) is 0 Å². The number of benzene rings is 1. The molecule has 15 heavy (non-hydrogen) atoms. The van der Waals surface area contributed by atoms with E-state index < -0.39 is 0 Å². The summed E-state index contributed by atoms with van der Waals surface area (Å²) in [6.07, 6.45) is 1.11. The lowest BCUT2D eigenvalue weighted by molar-refractivity contribution is 0.306. The first kappa shape index (κ1) is 12.1. The number of hydrogen-bond acceptors (Lipinski definition) is 2. The van der Waals surface area contributed by atoms with Crippen molar-refractivity contribution in [2.24, 2.45) is 0 Å². The molecule has 0 N–H and O–H groups in total. The summed E-state index contributed by atoms with van der Waals surface area (Å²) in [7, 11) is 3.90. The fourth-order valence-corrected chi connectivity index (χ4v) is 1.91. The second-order valence-corrected chi connectivity index (χ2v) is 3.59. The van der Waals surface area contributed by atoms with Gasteiger partial charge in [-0.25, -0.2) is 0 Å². The minimum Gasteiger partial charge on any atom is -0.496 e. The monoisotopic (exact) mass is 207 g/mol. The van der Waals surface area contributed by atoms with Crippen LogP contribution in [0.2, 0.25) is 0 Å². The average Bonchev–Trinajstić information content (AvgIpc) is 2.30. The Kier molecular flexibility index (Phi) is 4.63. The Morgan fingerprint density at radius 3 is 2.67 bits per heavy atom. The quantitative estimate of drug-likeness (QED) is 0.702. The Bertz CT molecular complexity index is 309. The number of nitrogens with zero attached hydrogens (tertiary/aromatic N) is 1. The van der Waals surface area contributed by atoms with E-state index in [1.807, 2.05) is 19.9 Å². The molecule has 0 atom stereocenters. The highest BCUT2D eigenvalue weighted by molar-refractivity contribution is 5.41. The van der Waals surface area contributed by atoms with E-state index in [-0.39, 0.29) is 0 Å². The predicted molar refractivity (Wildman–Crippen MR) is 64.4 cm³/mol. The van der Waals surface area contributed by atoms with Crippen molar-refractivity contribution in [3.05, 3.63) is 29.3 Å². The second kappa shape index (κ2) is 5.76. The van der Waals surface area contributed by atoms with Gasteiger partial charge in [0.05, 0.1) is 7.11 Å². The molecule has 0 fully saturated rings. The molecule has 2 heteroatoms. The third kappa shape index (κ3) is 2.72. The third-order valence-corrected chi connectivity index (χ3v) is 2.63. The maximum absolute atomic E-state index is 5.33. The summed E-state index contributed by atoms with van der Waals surface area (Å²) in [5, 5.41) is 0. The van der Waals surface area contributed by atoms with Crippen molar-refractivity contribution in [1.29, 1.82) is 0 Å². The average molecular weight is 207 g/mol. The summed E-state index contributed by atoms with van der Waals surface area (Å²) in [5.41, 5.74) is 2.80. The van der Waals surface area contributed by atoms with Gasteiger partial charge in [0.25, 0.3) is 0 Å². The van der Waals surface area contributed by atoms with Gasteiger partial charge in [0.15, 0.2) is 0 Å². The summed E-state index contributed by atoms with van der Waals surface area (Å²) < 4.78 is 5.33. The van der Waals surface area contributed by atoms with E-state index in [1.54, 1.807) is 7.11 Å². The summed E-state index contributed by atoms with van der Waals surface area (Å²) >= 11 is 0. The van der Waals surface area contributed by atoms with E-state index in [1.165, 1.54) is 11.1 Å². The first-order valence-corrected chi connectivity index (χ1v) is 5.64. The van der Waals surface area contributed by atoms with Crippen LogP contribution in [0.5, 0.6) is 5.75 Å². The van der Waals surface area contributed by atoms with Gasteiger partial charge in [-0.2, -0.15) is 0 Å². The Balaban J connectivity index is 0.000000531. The molecule has 1 aromatic carbocycles. The molecule has 2 rings (SSSR count). The second-order valence-electron chi connectivity index (χ2n) is 3.59. The van der Waals surface area contributed by atoms with Crippen LogP contribution in [0.3, 0.4) is 0 Å². The van der Waals surface area contributed by atoms with E-state index in [4.69, 9.17) is 4.74 Å². The van der Waals surface area contributed by atoms with Crippen LogP contribution in [0.1, 0.15) is 25.0 Å². The van der Waals surface area contributed by atoms with Gasteiger partial charge in [0.2, 0.25) is 0 Å². The molecule has 0 aliphatic carbocycles. The highest BCUT2D eigenvalue weighted by Gasteiger charge is 2.15. The summed E-state index contributed by atoms with van der Waals surface area (Å²) in [5.74, 6) is 1.05. The molecular weight excluding hydrogens is 186 g/mol. The smallest absolute Gasteiger partial charge is 0.122 e. The van der Waals surface area contributed by atoms with Crippen LogP contribution in [0.25, 0.3) is 0 Å². The number of ether oxygens (including phenoxy) is 1. The van der Waals surface area contributed by atoms with E-state index in [2.05, 4.69) is 24.1 Å². The lowest BCUT2D eigenvalue weighted by atomic mass is 9.99. The van der Waals surface area contributed by atoms with Crippen molar-refractivity contribution >= 4 is 0 Å². The van der Waals surface area contributed by atoms with Gasteiger partial charge in [0.1, 0.15) is 5.75 Å². The third-order valence-electron chi connectivity index (χ3n) is 2.63.